The van der Waals surface area contributed by atoms with Crippen LogP contribution in [-0.2, 0) is 0 Å². The van der Waals surface area contributed by atoms with Gasteiger partial charge in [-0.1, -0.05) is 53.2 Å². The summed E-state index contributed by atoms with van der Waals surface area (Å²) in [6.07, 6.45) is 0. The molecule has 4 rings (SSSR count). The molecule has 0 unspecified atom stereocenters. The molecule has 0 saturated heterocycles. The number of aromatic nitrogens is 2. The van der Waals surface area contributed by atoms with Gasteiger partial charge < -0.3 is 14.2 Å². The molecule has 0 atom stereocenters. The summed E-state index contributed by atoms with van der Waals surface area (Å²) in [6, 6.07) is 19.4. The Bertz CT molecular complexity index is 1170. The number of pyridine rings is 1. The number of ether oxygens (including phenoxy) is 1. The summed E-state index contributed by atoms with van der Waals surface area (Å²) in [5.41, 5.74) is 4.29. The molecule has 1 amide bonds. The molecule has 2 aromatic heterocycles. The van der Waals surface area contributed by atoms with Crippen molar-refractivity contribution in [3.63, 3.8) is 0 Å². The summed E-state index contributed by atoms with van der Waals surface area (Å²) in [7, 11) is 1.76. The first-order valence-electron chi connectivity index (χ1n) is 9.80. The summed E-state index contributed by atoms with van der Waals surface area (Å²) >= 11 is 0. The summed E-state index contributed by atoms with van der Waals surface area (Å²) in [6.45, 7) is 4.68. The third-order valence-electron chi connectivity index (χ3n) is 4.98. The minimum atomic E-state index is -0.126. The fraction of sp³-hybridized carbons (Fsp3) is 0.208. The van der Waals surface area contributed by atoms with E-state index in [1.165, 1.54) is 5.56 Å². The molecule has 6 nitrogen and oxygen atoms in total. The lowest BCUT2D eigenvalue weighted by Crippen LogP contribution is -2.31. The van der Waals surface area contributed by atoms with Gasteiger partial charge in [0.15, 0.2) is 0 Å². The van der Waals surface area contributed by atoms with Gasteiger partial charge in [-0.25, -0.2) is 4.98 Å². The Hall–Kier alpha value is -3.67. The van der Waals surface area contributed by atoms with Gasteiger partial charge in [0.25, 0.3) is 11.6 Å². The third kappa shape index (κ3) is 4.03. The molecule has 6 heteroatoms. The predicted octanol–water partition coefficient (Wildman–Crippen LogP) is 4.66. The van der Waals surface area contributed by atoms with E-state index in [9.17, 15) is 4.79 Å². The van der Waals surface area contributed by atoms with Crippen molar-refractivity contribution in [2.24, 2.45) is 0 Å². The number of fused-ring (bicyclic) bond motifs is 1. The van der Waals surface area contributed by atoms with E-state index >= 15 is 0 Å². The average molecular weight is 401 g/mol. The molecule has 0 aliphatic rings. The average Bonchev–Trinajstić information content (AvgIpc) is 3.15. The van der Waals surface area contributed by atoms with Gasteiger partial charge in [0.05, 0.1) is 28.9 Å². The Kier molecular flexibility index (Phi) is 5.48. The second-order valence-corrected chi connectivity index (χ2v) is 7.26. The molecule has 30 heavy (non-hydrogen) atoms. The molecule has 0 radical (unpaired) electrons. The molecule has 152 valence electrons. The van der Waals surface area contributed by atoms with Crippen molar-refractivity contribution in [1.29, 1.82) is 0 Å². The minimum Gasteiger partial charge on any atom is -0.492 e. The van der Waals surface area contributed by atoms with Crippen LogP contribution in [0.4, 0.5) is 0 Å². The zero-order valence-corrected chi connectivity index (χ0v) is 17.3. The molecule has 4 aromatic rings. The first kappa shape index (κ1) is 19.6. The summed E-state index contributed by atoms with van der Waals surface area (Å²) in [5.74, 6) is 0.660. The van der Waals surface area contributed by atoms with Gasteiger partial charge >= 0.3 is 0 Å². The largest absolute Gasteiger partial charge is 0.492 e. The monoisotopic (exact) mass is 401 g/mol. The van der Waals surface area contributed by atoms with Crippen molar-refractivity contribution in [1.82, 2.24) is 15.0 Å². The molecule has 0 aliphatic heterocycles. The highest BCUT2D eigenvalue weighted by Crippen LogP contribution is 2.27. The van der Waals surface area contributed by atoms with Crippen LogP contribution in [0.1, 0.15) is 21.6 Å². The van der Waals surface area contributed by atoms with E-state index in [1.807, 2.05) is 74.5 Å². The van der Waals surface area contributed by atoms with Gasteiger partial charge in [0.2, 0.25) is 0 Å². The molecule has 2 heterocycles. The van der Waals surface area contributed by atoms with Gasteiger partial charge in [0, 0.05) is 12.6 Å². The maximum absolute atomic E-state index is 13.3. The fourth-order valence-electron chi connectivity index (χ4n) is 3.26. The summed E-state index contributed by atoms with van der Waals surface area (Å²) in [4.78, 5) is 19.4. The number of carbonyl (C=O) groups excluding carboxylic acids is 1. The van der Waals surface area contributed by atoms with Gasteiger partial charge in [-0.2, -0.15) is 0 Å². The summed E-state index contributed by atoms with van der Waals surface area (Å²) in [5, 5.41) is 4.65. The molecule has 0 fully saturated rings. The first-order valence-corrected chi connectivity index (χ1v) is 9.80. The lowest BCUT2D eigenvalue weighted by atomic mass is 10.0. The number of rotatable bonds is 6. The number of nitrogens with zero attached hydrogens (tertiary/aromatic N) is 3. The third-order valence-corrected chi connectivity index (χ3v) is 4.98. The Balaban J connectivity index is 1.56. The number of hydrogen-bond donors (Lipinski definition) is 0. The molecule has 0 aliphatic carbocycles. The smallest absolute Gasteiger partial charge is 0.259 e. The molecule has 2 aromatic carbocycles. The van der Waals surface area contributed by atoms with E-state index in [1.54, 1.807) is 11.9 Å². The van der Waals surface area contributed by atoms with Crippen LogP contribution in [0.5, 0.6) is 5.75 Å². The summed E-state index contributed by atoms with van der Waals surface area (Å²) < 4.78 is 11.1. The second-order valence-electron chi connectivity index (χ2n) is 7.26. The van der Waals surface area contributed by atoms with Crippen LogP contribution in [0.2, 0.25) is 0 Å². The van der Waals surface area contributed by atoms with E-state index in [-0.39, 0.29) is 5.91 Å². The van der Waals surface area contributed by atoms with E-state index < -0.39 is 0 Å². The number of aryl methyl sites for hydroxylation is 2. The number of benzene rings is 2. The first-order chi connectivity index (χ1) is 14.5. The van der Waals surface area contributed by atoms with Gasteiger partial charge in [-0.3, -0.25) is 4.79 Å². The zero-order valence-electron chi connectivity index (χ0n) is 17.3. The Morgan fingerprint density at radius 3 is 2.53 bits per heavy atom. The van der Waals surface area contributed by atoms with Crippen LogP contribution in [0, 0.1) is 13.8 Å². The standard InChI is InChI=1S/C24H23N3O3/c1-16-9-11-19(12-10-16)29-14-13-27(3)24(28)20-15-21(18-7-5-4-6-8-18)25-23-22(20)17(2)26-30-23/h4-12,15H,13-14H2,1-3H3. The fourth-order valence-corrected chi connectivity index (χ4v) is 3.26. The molecule has 0 N–H and O–H groups in total. The van der Waals surface area contributed by atoms with Gasteiger partial charge in [-0.15, -0.1) is 0 Å². The Morgan fingerprint density at radius 2 is 1.80 bits per heavy atom. The number of amides is 1. The van der Waals surface area contributed by atoms with E-state index in [0.29, 0.717) is 41.2 Å². The molecule has 0 saturated carbocycles. The van der Waals surface area contributed by atoms with E-state index in [2.05, 4.69) is 10.1 Å². The number of hydrogen-bond acceptors (Lipinski definition) is 5. The lowest BCUT2D eigenvalue weighted by molar-refractivity contribution is 0.0775. The lowest BCUT2D eigenvalue weighted by Gasteiger charge is -2.18. The highest BCUT2D eigenvalue weighted by Gasteiger charge is 2.21. The van der Waals surface area contributed by atoms with E-state index in [0.717, 1.165) is 11.3 Å². The molecule has 0 spiro atoms. The molecule has 0 bridgehead atoms. The quantitative estimate of drug-likeness (QED) is 0.470. The normalized spacial score (nSPS) is 10.9. The van der Waals surface area contributed by atoms with Gasteiger partial charge in [0.1, 0.15) is 12.4 Å². The molecular weight excluding hydrogens is 378 g/mol. The van der Waals surface area contributed by atoms with Crippen molar-refractivity contribution >= 4 is 17.0 Å². The highest BCUT2D eigenvalue weighted by atomic mass is 16.5. The maximum atomic E-state index is 13.3. The van der Waals surface area contributed by atoms with Crippen LogP contribution in [0.25, 0.3) is 22.4 Å². The van der Waals surface area contributed by atoms with Crippen LogP contribution in [0.3, 0.4) is 0 Å². The highest BCUT2D eigenvalue weighted by molar-refractivity contribution is 6.06. The van der Waals surface area contributed by atoms with E-state index in [4.69, 9.17) is 9.26 Å². The zero-order chi connectivity index (χ0) is 21.1. The Labute approximate surface area is 175 Å². The van der Waals surface area contributed by atoms with Crippen molar-refractivity contribution in [3.05, 3.63) is 77.5 Å². The predicted molar refractivity (Wildman–Crippen MR) is 116 cm³/mol. The Morgan fingerprint density at radius 1 is 1.07 bits per heavy atom. The van der Waals surface area contributed by atoms with Crippen molar-refractivity contribution < 1.29 is 14.1 Å². The van der Waals surface area contributed by atoms with Gasteiger partial charge in [-0.05, 0) is 32.0 Å². The topological polar surface area (TPSA) is 68.5 Å². The van der Waals surface area contributed by atoms with Crippen LogP contribution in [0.15, 0.2) is 65.2 Å². The molecular formula is C24H23N3O3. The maximum Gasteiger partial charge on any atom is 0.259 e. The van der Waals surface area contributed by atoms with Crippen molar-refractivity contribution in [2.75, 3.05) is 20.2 Å². The number of likely N-dealkylation sites (N-methyl/N-ethyl adjacent to an activating group) is 1. The van der Waals surface area contributed by atoms with Crippen molar-refractivity contribution in [2.45, 2.75) is 13.8 Å². The number of carbonyl (C=O) groups is 1. The van der Waals surface area contributed by atoms with Crippen molar-refractivity contribution in [3.8, 4) is 17.0 Å². The van der Waals surface area contributed by atoms with Crippen LogP contribution < -0.4 is 4.74 Å². The SMILES string of the molecule is Cc1ccc(OCCN(C)C(=O)c2cc(-c3ccccc3)nc3onc(C)c23)cc1. The van der Waals surface area contributed by atoms with Crippen LogP contribution >= 0.6 is 0 Å². The minimum absolute atomic E-state index is 0.126. The van der Waals surface area contributed by atoms with Crippen LogP contribution in [-0.4, -0.2) is 41.1 Å². The second kappa shape index (κ2) is 8.37.